The Labute approximate surface area is 116 Å². The Balaban J connectivity index is 2.03. The van der Waals surface area contributed by atoms with Gasteiger partial charge in [0.2, 0.25) is 0 Å². The molecule has 0 saturated heterocycles. The van der Waals surface area contributed by atoms with Crippen LogP contribution in [0.5, 0.6) is 0 Å². The molecule has 100 valence electrons. The number of aromatic nitrogens is 2. The van der Waals surface area contributed by atoms with Gasteiger partial charge in [0.15, 0.2) is 5.13 Å². The van der Waals surface area contributed by atoms with E-state index in [2.05, 4.69) is 15.3 Å². The fraction of sp³-hybridized carbons (Fsp3) is 0.308. The molecule has 2 aromatic heterocycles. The van der Waals surface area contributed by atoms with Gasteiger partial charge in [0.05, 0.1) is 17.4 Å². The molecule has 1 atom stereocenters. The molecule has 1 N–H and O–H groups in total. The van der Waals surface area contributed by atoms with Crippen molar-refractivity contribution in [1.29, 1.82) is 0 Å². The van der Waals surface area contributed by atoms with E-state index in [1.54, 1.807) is 18.1 Å². The van der Waals surface area contributed by atoms with Crippen LogP contribution in [0, 0.1) is 6.92 Å². The van der Waals surface area contributed by atoms with E-state index in [1.165, 1.54) is 11.3 Å². The third kappa shape index (κ3) is 3.29. The lowest BCUT2D eigenvalue weighted by Crippen LogP contribution is -2.33. The van der Waals surface area contributed by atoms with E-state index in [4.69, 9.17) is 0 Å². The van der Waals surface area contributed by atoms with Gasteiger partial charge in [-0.2, -0.15) is 0 Å². The van der Waals surface area contributed by atoms with Gasteiger partial charge in [-0.15, -0.1) is 11.3 Å². The molecule has 0 bridgehead atoms. The second kappa shape index (κ2) is 5.79. The Morgan fingerprint density at radius 3 is 2.84 bits per heavy atom. The van der Waals surface area contributed by atoms with Crippen LogP contribution in [-0.2, 0) is 0 Å². The van der Waals surface area contributed by atoms with Crippen LogP contribution in [-0.4, -0.2) is 27.9 Å². The summed E-state index contributed by atoms with van der Waals surface area (Å²) in [5, 5.41) is 5.29. The van der Waals surface area contributed by atoms with Crippen molar-refractivity contribution in [3.05, 3.63) is 41.2 Å². The summed E-state index contributed by atoms with van der Waals surface area (Å²) >= 11 is 1.42. The molecule has 2 heterocycles. The third-order valence-electron chi connectivity index (χ3n) is 2.85. The highest BCUT2D eigenvalue weighted by molar-refractivity contribution is 7.13. The molecule has 1 unspecified atom stereocenters. The van der Waals surface area contributed by atoms with Crippen molar-refractivity contribution in [2.24, 2.45) is 0 Å². The van der Waals surface area contributed by atoms with Gasteiger partial charge in [0.1, 0.15) is 0 Å². The SMILES string of the molecule is Cc1csc(NC(=O)N(C)C(C)c2ccccn2)n1. The number of rotatable bonds is 3. The normalized spacial score (nSPS) is 11.9. The highest BCUT2D eigenvalue weighted by Gasteiger charge is 2.18. The first-order valence-corrected chi connectivity index (χ1v) is 6.83. The average Bonchev–Trinajstić information content (AvgIpc) is 2.83. The minimum Gasteiger partial charge on any atom is -0.319 e. The summed E-state index contributed by atoms with van der Waals surface area (Å²) in [7, 11) is 1.75. The van der Waals surface area contributed by atoms with E-state index in [-0.39, 0.29) is 12.1 Å². The van der Waals surface area contributed by atoms with Crippen molar-refractivity contribution in [2.45, 2.75) is 19.9 Å². The van der Waals surface area contributed by atoms with Crippen LogP contribution in [0.1, 0.15) is 24.4 Å². The summed E-state index contributed by atoms with van der Waals surface area (Å²) in [6.07, 6.45) is 1.72. The van der Waals surface area contributed by atoms with Gasteiger partial charge < -0.3 is 4.90 Å². The zero-order chi connectivity index (χ0) is 13.8. The average molecular weight is 276 g/mol. The summed E-state index contributed by atoms with van der Waals surface area (Å²) in [5.74, 6) is 0. The van der Waals surface area contributed by atoms with Crippen LogP contribution in [0.15, 0.2) is 29.8 Å². The van der Waals surface area contributed by atoms with Crippen LogP contribution < -0.4 is 5.32 Å². The molecule has 2 rings (SSSR count). The van der Waals surface area contributed by atoms with Gasteiger partial charge in [0.25, 0.3) is 0 Å². The molecule has 0 spiro atoms. The van der Waals surface area contributed by atoms with Crippen molar-refractivity contribution < 1.29 is 4.79 Å². The van der Waals surface area contributed by atoms with Crippen LogP contribution in [0.3, 0.4) is 0 Å². The molecule has 0 aliphatic carbocycles. The monoisotopic (exact) mass is 276 g/mol. The second-order valence-corrected chi connectivity index (χ2v) is 5.12. The van der Waals surface area contributed by atoms with Gasteiger partial charge in [0, 0.05) is 18.6 Å². The quantitative estimate of drug-likeness (QED) is 0.937. The maximum Gasteiger partial charge on any atom is 0.323 e. The molecule has 0 aliphatic heterocycles. The van der Waals surface area contributed by atoms with Crippen molar-refractivity contribution in [2.75, 3.05) is 12.4 Å². The van der Waals surface area contributed by atoms with Gasteiger partial charge in [-0.3, -0.25) is 10.3 Å². The maximum absolute atomic E-state index is 12.1. The van der Waals surface area contributed by atoms with Crippen LogP contribution >= 0.6 is 11.3 Å². The first-order valence-electron chi connectivity index (χ1n) is 5.95. The lowest BCUT2D eigenvalue weighted by atomic mass is 10.2. The number of hydrogen-bond donors (Lipinski definition) is 1. The Morgan fingerprint density at radius 1 is 1.47 bits per heavy atom. The number of pyridine rings is 1. The van der Waals surface area contributed by atoms with E-state index in [0.29, 0.717) is 5.13 Å². The predicted molar refractivity (Wildman–Crippen MR) is 76.3 cm³/mol. The van der Waals surface area contributed by atoms with Crippen molar-refractivity contribution in [1.82, 2.24) is 14.9 Å². The fourth-order valence-electron chi connectivity index (χ4n) is 1.59. The molecule has 0 aromatic carbocycles. The number of hydrogen-bond acceptors (Lipinski definition) is 4. The highest BCUT2D eigenvalue weighted by Crippen LogP contribution is 2.19. The maximum atomic E-state index is 12.1. The molecule has 0 radical (unpaired) electrons. The summed E-state index contributed by atoms with van der Waals surface area (Å²) in [6, 6.07) is 5.39. The molecule has 6 heteroatoms. The number of nitrogens with one attached hydrogen (secondary N) is 1. The summed E-state index contributed by atoms with van der Waals surface area (Å²) in [4.78, 5) is 22.2. The second-order valence-electron chi connectivity index (χ2n) is 4.27. The summed E-state index contributed by atoms with van der Waals surface area (Å²) in [5.41, 5.74) is 1.76. The fourth-order valence-corrected chi connectivity index (χ4v) is 2.27. The standard InChI is InChI=1S/C13H16N4OS/c1-9-8-19-12(15-9)16-13(18)17(3)10(2)11-6-4-5-7-14-11/h4-8,10H,1-3H3,(H,15,16,18). The first-order chi connectivity index (χ1) is 9.08. The number of aryl methyl sites for hydroxylation is 1. The molecule has 5 nitrogen and oxygen atoms in total. The Bertz CT molecular complexity index is 555. The molecule has 2 amide bonds. The molecule has 0 aliphatic rings. The minimum atomic E-state index is -0.187. The number of thiazole rings is 1. The Kier molecular flexibility index (Phi) is 4.11. The minimum absolute atomic E-state index is 0.0951. The van der Waals surface area contributed by atoms with E-state index >= 15 is 0 Å². The van der Waals surface area contributed by atoms with E-state index < -0.39 is 0 Å². The zero-order valence-electron chi connectivity index (χ0n) is 11.1. The predicted octanol–water partition coefficient (Wildman–Crippen LogP) is 3.07. The van der Waals surface area contributed by atoms with Gasteiger partial charge in [-0.25, -0.2) is 9.78 Å². The Hall–Kier alpha value is -1.95. The third-order valence-corrected chi connectivity index (χ3v) is 3.73. The number of anilines is 1. The number of amides is 2. The molecule has 0 fully saturated rings. The number of nitrogens with zero attached hydrogens (tertiary/aromatic N) is 3. The molecule has 2 aromatic rings. The van der Waals surface area contributed by atoms with Gasteiger partial charge in [-0.05, 0) is 26.0 Å². The lowest BCUT2D eigenvalue weighted by Gasteiger charge is -2.24. The van der Waals surface area contributed by atoms with E-state index in [9.17, 15) is 4.79 Å². The molecule has 19 heavy (non-hydrogen) atoms. The van der Waals surface area contributed by atoms with Crippen molar-refractivity contribution >= 4 is 22.5 Å². The number of carbonyl (C=O) groups excluding carboxylic acids is 1. The van der Waals surface area contributed by atoms with Crippen LogP contribution in [0.25, 0.3) is 0 Å². The Morgan fingerprint density at radius 2 is 2.26 bits per heavy atom. The zero-order valence-corrected chi connectivity index (χ0v) is 11.9. The number of carbonyl (C=O) groups is 1. The van der Waals surface area contributed by atoms with Crippen molar-refractivity contribution in [3.8, 4) is 0 Å². The van der Waals surface area contributed by atoms with E-state index in [1.807, 2.05) is 37.4 Å². The van der Waals surface area contributed by atoms with Crippen LogP contribution in [0.4, 0.5) is 9.93 Å². The number of urea groups is 1. The van der Waals surface area contributed by atoms with Gasteiger partial charge in [-0.1, -0.05) is 6.07 Å². The van der Waals surface area contributed by atoms with Gasteiger partial charge >= 0.3 is 6.03 Å². The highest BCUT2D eigenvalue weighted by atomic mass is 32.1. The summed E-state index contributed by atoms with van der Waals surface area (Å²) in [6.45, 7) is 3.83. The van der Waals surface area contributed by atoms with E-state index in [0.717, 1.165) is 11.4 Å². The largest absolute Gasteiger partial charge is 0.323 e. The molecule has 0 saturated carbocycles. The molecular formula is C13H16N4OS. The van der Waals surface area contributed by atoms with Crippen molar-refractivity contribution in [3.63, 3.8) is 0 Å². The topological polar surface area (TPSA) is 58.1 Å². The smallest absolute Gasteiger partial charge is 0.319 e. The van der Waals surface area contributed by atoms with Crippen LogP contribution in [0.2, 0.25) is 0 Å². The lowest BCUT2D eigenvalue weighted by molar-refractivity contribution is 0.207. The summed E-state index contributed by atoms with van der Waals surface area (Å²) < 4.78 is 0. The first kappa shape index (κ1) is 13.5. The molecular weight excluding hydrogens is 260 g/mol.